The van der Waals surface area contributed by atoms with Crippen molar-refractivity contribution in [3.8, 4) is 0 Å². The average molecular weight is 565 g/mol. The van der Waals surface area contributed by atoms with Crippen LogP contribution in [0.15, 0.2) is 23.8 Å². The fraction of sp³-hybridized carbons (Fsp3) is 0.679. The van der Waals surface area contributed by atoms with Gasteiger partial charge in [0.15, 0.2) is 11.7 Å². The second-order valence-corrected chi connectivity index (χ2v) is 11.4. The molecule has 12 nitrogen and oxygen atoms in total. The third kappa shape index (κ3) is 4.91. The number of esters is 5. The highest BCUT2D eigenvalue weighted by Gasteiger charge is 2.77. The summed E-state index contributed by atoms with van der Waals surface area (Å²) in [6.07, 6.45) is -0.480. The van der Waals surface area contributed by atoms with Gasteiger partial charge in [0.05, 0.1) is 23.0 Å². The normalized spacial score (nSPS) is 43.8. The zero-order chi connectivity index (χ0) is 29.8. The molecule has 0 radical (unpaired) electrons. The highest BCUT2D eigenvalue weighted by Crippen LogP contribution is 2.64. The van der Waals surface area contributed by atoms with E-state index in [4.69, 9.17) is 28.4 Å². The quantitative estimate of drug-likeness (QED) is 0.290. The van der Waals surface area contributed by atoms with Crippen LogP contribution in [-0.2, 0) is 52.4 Å². The molecule has 0 aromatic carbocycles. The van der Waals surface area contributed by atoms with E-state index in [9.17, 15) is 29.1 Å². The number of rotatable bonds is 5. The number of epoxide rings is 1. The van der Waals surface area contributed by atoms with Crippen molar-refractivity contribution in [2.45, 2.75) is 96.6 Å². The van der Waals surface area contributed by atoms with Gasteiger partial charge >= 0.3 is 29.8 Å². The molecule has 4 aliphatic rings. The Morgan fingerprint density at radius 3 is 2.20 bits per heavy atom. The van der Waals surface area contributed by atoms with E-state index in [1.165, 1.54) is 46.8 Å². The molecule has 220 valence electrons. The zero-order valence-corrected chi connectivity index (χ0v) is 23.6. The van der Waals surface area contributed by atoms with Gasteiger partial charge in [0.25, 0.3) is 0 Å². The van der Waals surface area contributed by atoms with Crippen molar-refractivity contribution >= 4 is 29.8 Å². The molecule has 2 aliphatic heterocycles. The van der Waals surface area contributed by atoms with Crippen LogP contribution in [0.5, 0.6) is 0 Å². The molecular weight excluding hydrogens is 528 g/mol. The topological polar surface area (TPSA) is 164 Å². The second-order valence-electron chi connectivity index (χ2n) is 11.4. The van der Waals surface area contributed by atoms with Gasteiger partial charge in [0.1, 0.15) is 24.9 Å². The van der Waals surface area contributed by atoms with Gasteiger partial charge in [0.2, 0.25) is 0 Å². The molecular formula is C28H36O12. The molecule has 0 aromatic heterocycles. The molecule has 2 saturated heterocycles. The minimum absolute atomic E-state index is 0.241. The summed E-state index contributed by atoms with van der Waals surface area (Å²) in [5, 5.41) is 12.4. The Bertz CT molecular complexity index is 1170. The number of fused-ring (bicyclic) bond motifs is 4. The van der Waals surface area contributed by atoms with Crippen molar-refractivity contribution in [2.75, 3.05) is 6.61 Å². The van der Waals surface area contributed by atoms with Gasteiger partial charge in [-0.05, 0) is 31.6 Å². The van der Waals surface area contributed by atoms with Crippen LogP contribution in [0.3, 0.4) is 0 Å². The largest absolute Gasteiger partial charge is 0.462 e. The van der Waals surface area contributed by atoms with E-state index in [-0.39, 0.29) is 13.0 Å². The molecule has 1 saturated carbocycles. The number of hydrogen-bond acceptors (Lipinski definition) is 12. The van der Waals surface area contributed by atoms with Gasteiger partial charge in [-0.2, -0.15) is 0 Å². The van der Waals surface area contributed by atoms with Gasteiger partial charge < -0.3 is 33.5 Å². The molecule has 0 spiro atoms. The van der Waals surface area contributed by atoms with Crippen molar-refractivity contribution in [1.82, 2.24) is 0 Å². The molecule has 0 bridgehead atoms. The number of carbonyl (C=O) groups excluding carboxylic acids is 5. The van der Waals surface area contributed by atoms with E-state index in [1.54, 1.807) is 19.9 Å². The monoisotopic (exact) mass is 564 g/mol. The maximum atomic E-state index is 13.0. The lowest BCUT2D eigenvalue weighted by Crippen LogP contribution is -2.68. The van der Waals surface area contributed by atoms with E-state index in [1.807, 2.05) is 0 Å². The van der Waals surface area contributed by atoms with Crippen LogP contribution < -0.4 is 0 Å². The summed E-state index contributed by atoms with van der Waals surface area (Å²) in [5.41, 5.74) is -4.20. The lowest BCUT2D eigenvalue weighted by atomic mass is 9.53. The smallest absolute Gasteiger partial charge is 0.312 e. The van der Waals surface area contributed by atoms with E-state index >= 15 is 0 Å². The van der Waals surface area contributed by atoms with E-state index in [2.05, 4.69) is 0 Å². The molecule has 2 aliphatic carbocycles. The van der Waals surface area contributed by atoms with Crippen LogP contribution in [0.2, 0.25) is 0 Å². The predicted octanol–water partition coefficient (Wildman–Crippen LogP) is 1.32. The van der Waals surface area contributed by atoms with Crippen LogP contribution in [0, 0.1) is 17.3 Å². The number of carbonyl (C=O) groups is 5. The number of hydrogen-bond donors (Lipinski definition) is 1. The Morgan fingerprint density at radius 1 is 1.00 bits per heavy atom. The van der Waals surface area contributed by atoms with E-state index < -0.39 is 88.8 Å². The van der Waals surface area contributed by atoms with Gasteiger partial charge in [-0.3, -0.25) is 24.0 Å². The van der Waals surface area contributed by atoms with Crippen LogP contribution in [0.4, 0.5) is 0 Å². The van der Waals surface area contributed by atoms with Gasteiger partial charge in [-0.25, -0.2) is 0 Å². The first-order chi connectivity index (χ1) is 18.5. The van der Waals surface area contributed by atoms with Gasteiger partial charge in [0, 0.05) is 40.0 Å². The van der Waals surface area contributed by atoms with Crippen molar-refractivity contribution in [2.24, 2.45) is 17.3 Å². The Balaban J connectivity index is 2.03. The molecule has 2 heterocycles. The Kier molecular flexibility index (Phi) is 7.65. The predicted molar refractivity (Wildman–Crippen MR) is 134 cm³/mol. The Labute approximate surface area is 231 Å². The van der Waals surface area contributed by atoms with Crippen LogP contribution >= 0.6 is 0 Å². The SMILES string of the molecule is CC(=O)OCC1=C/C2OC(=O)C(C)C2(O)[C@@H](OC(C)=O)C2[C@]3(C)OC3CC(OC(C)=O)[C@]2(C)[C@@H](OC(C)=O)\C=C\1. The maximum Gasteiger partial charge on any atom is 0.312 e. The molecule has 0 aromatic rings. The lowest BCUT2D eigenvalue weighted by molar-refractivity contribution is -0.228. The highest BCUT2D eigenvalue weighted by atomic mass is 16.6. The molecule has 4 rings (SSSR count). The fourth-order valence-electron chi connectivity index (χ4n) is 6.69. The third-order valence-corrected chi connectivity index (χ3v) is 8.69. The number of aliphatic hydroxyl groups is 1. The number of ether oxygens (including phenoxy) is 6. The maximum absolute atomic E-state index is 13.0. The second kappa shape index (κ2) is 10.3. The van der Waals surface area contributed by atoms with E-state index in [0.29, 0.717) is 5.57 Å². The van der Waals surface area contributed by atoms with E-state index in [0.717, 1.165) is 0 Å². The Hall–Kier alpha value is -3.25. The minimum atomic E-state index is -2.14. The lowest BCUT2D eigenvalue weighted by Gasteiger charge is -2.54. The summed E-state index contributed by atoms with van der Waals surface area (Å²) in [7, 11) is 0. The first-order valence-corrected chi connectivity index (χ1v) is 13.2. The summed E-state index contributed by atoms with van der Waals surface area (Å²) in [4.78, 5) is 61.8. The van der Waals surface area contributed by atoms with Crippen LogP contribution in [0.25, 0.3) is 0 Å². The van der Waals surface area contributed by atoms with Crippen molar-refractivity contribution in [1.29, 1.82) is 0 Å². The fourth-order valence-corrected chi connectivity index (χ4v) is 6.69. The standard InChI is InChI=1S/C28H36O12/c1-13-25(33)39-22-10-18(12-35-14(2)29)8-9-19(36-15(3)30)26(6)20(37-16(4)31)11-21-27(7,40-21)23(26)24(28(13,22)34)38-17(5)32/h8-10,13,19-24,34H,11-12H2,1-7H3/b9-8+,18-10+/t13?,19-,20?,21?,22?,23?,24-,26-,27+,28?/m0/s1. The average Bonchev–Trinajstić information content (AvgIpc) is 3.44. The molecule has 6 unspecified atom stereocenters. The first kappa shape index (κ1) is 29.7. The summed E-state index contributed by atoms with van der Waals surface area (Å²) in [6, 6.07) is 0. The van der Waals surface area contributed by atoms with Gasteiger partial charge in [-0.1, -0.05) is 13.0 Å². The summed E-state index contributed by atoms with van der Waals surface area (Å²) in [5.74, 6) is -5.44. The van der Waals surface area contributed by atoms with Gasteiger partial charge in [-0.15, -0.1) is 0 Å². The van der Waals surface area contributed by atoms with Crippen molar-refractivity contribution in [3.63, 3.8) is 0 Å². The van der Waals surface area contributed by atoms with Crippen molar-refractivity contribution < 1.29 is 57.5 Å². The molecule has 1 N–H and O–H groups in total. The molecule has 40 heavy (non-hydrogen) atoms. The van der Waals surface area contributed by atoms with Crippen molar-refractivity contribution in [3.05, 3.63) is 23.8 Å². The molecule has 0 amide bonds. The summed E-state index contributed by atoms with van der Waals surface area (Å²) >= 11 is 0. The van der Waals surface area contributed by atoms with Crippen LogP contribution in [-0.4, -0.2) is 83.3 Å². The van der Waals surface area contributed by atoms with Crippen LogP contribution in [0.1, 0.15) is 54.9 Å². The molecule has 10 atom stereocenters. The Morgan fingerprint density at radius 2 is 1.62 bits per heavy atom. The molecule has 3 fully saturated rings. The highest BCUT2D eigenvalue weighted by molar-refractivity contribution is 5.78. The summed E-state index contributed by atoms with van der Waals surface area (Å²) < 4.78 is 34.4. The third-order valence-electron chi connectivity index (χ3n) is 8.69. The summed E-state index contributed by atoms with van der Waals surface area (Å²) in [6.45, 7) is 9.55. The zero-order valence-electron chi connectivity index (χ0n) is 23.6. The minimum Gasteiger partial charge on any atom is -0.462 e. The first-order valence-electron chi connectivity index (χ1n) is 13.2. The molecule has 12 heteroatoms.